The minimum Gasteiger partial charge on any atom is -0.328 e. The van der Waals surface area contributed by atoms with E-state index in [4.69, 9.17) is 11.0 Å². The molecule has 0 saturated heterocycles. The predicted octanol–water partition coefficient (Wildman–Crippen LogP) is 2.45. The van der Waals surface area contributed by atoms with Gasteiger partial charge >= 0.3 is 0 Å². The van der Waals surface area contributed by atoms with Crippen molar-refractivity contribution < 1.29 is 4.79 Å². The van der Waals surface area contributed by atoms with E-state index in [-0.39, 0.29) is 11.9 Å². The fourth-order valence-electron chi connectivity index (χ4n) is 1.88. The lowest BCUT2D eigenvalue weighted by Gasteiger charge is -2.22. The number of anilines is 1. The number of hydrogen-bond donors (Lipinski definition) is 1. The molecule has 1 amide bonds. The molecule has 19 heavy (non-hydrogen) atoms. The molecule has 1 aromatic rings. The topological polar surface area (TPSA) is 70.1 Å². The summed E-state index contributed by atoms with van der Waals surface area (Å²) in [4.78, 5) is 13.9. The van der Waals surface area contributed by atoms with Gasteiger partial charge in [0.15, 0.2) is 0 Å². The van der Waals surface area contributed by atoms with Gasteiger partial charge in [-0.25, -0.2) is 0 Å². The second-order valence-electron chi connectivity index (χ2n) is 4.66. The van der Waals surface area contributed by atoms with E-state index in [1.54, 1.807) is 4.90 Å². The number of carbonyl (C=O) groups is 1. The Morgan fingerprint density at radius 2 is 2.11 bits per heavy atom. The van der Waals surface area contributed by atoms with Crippen LogP contribution in [-0.4, -0.2) is 18.5 Å². The van der Waals surface area contributed by atoms with Gasteiger partial charge in [-0.15, -0.1) is 0 Å². The van der Waals surface area contributed by atoms with Gasteiger partial charge < -0.3 is 10.6 Å². The summed E-state index contributed by atoms with van der Waals surface area (Å²) in [6.45, 7) is 2.38. The highest BCUT2D eigenvalue weighted by Crippen LogP contribution is 2.16. The molecule has 1 atom stereocenters. The van der Waals surface area contributed by atoms with Crippen LogP contribution in [0.25, 0.3) is 0 Å². The Balaban J connectivity index is 2.64. The van der Waals surface area contributed by atoms with Crippen LogP contribution in [0.1, 0.15) is 32.6 Å². The SMILES string of the molecule is CC(N)CCCC(=O)N(CCC#N)c1ccccc1. The van der Waals surface area contributed by atoms with E-state index in [0.29, 0.717) is 19.4 Å². The number of benzene rings is 1. The van der Waals surface area contributed by atoms with Gasteiger partial charge in [0, 0.05) is 24.7 Å². The Kier molecular flexibility index (Phi) is 6.62. The fraction of sp³-hybridized carbons (Fsp3) is 0.467. The number of rotatable bonds is 7. The molecule has 0 spiro atoms. The van der Waals surface area contributed by atoms with Crippen molar-refractivity contribution in [1.82, 2.24) is 0 Å². The van der Waals surface area contributed by atoms with Crippen LogP contribution in [0.5, 0.6) is 0 Å². The van der Waals surface area contributed by atoms with Gasteiger partial charge in [-0.05, 0) is 31.9 Å². The molecule has 0 aliphatic rings. The van der Waals surface area contributed by atoms with Crippen molar-refractivity contribution in [2.24, 2.45) is 5.73 Å². The predicted molar refractivity (Wildman–Crippen MR) is 76.5 cm³/mol. The smallest absolute Gasteiger partial charge is 0.227 e. The van der Waals surface area contributed by atoms with Crippen LogP contribution < -0.4 is 10.6 Å². The number of hydrogen-bond acceptors (Lipinski definition) is 3. The molecule has 0 aliphatic heterocycles. The molecule has 1 unspecified atom stereocenters. The molecular formula is C15H21N3O. The molecule has 1 aromatic carbocycles. The summed E-state index contributed by atoms with van der Waals surface area (Å²) < 4.78 is 0. The van der Waals surface area contributed by atoms with Crippen LogP contribution in [-0.2, 0) is 4.79 Å². The average Bonchev–Trinajstić information content (AvgIpc) is 2.40. The summed E-state index contributed by atoms with van der Waals surface area (Å²) in [5.41, 5.74) is 6.53. The quantitative estimate of drug-likeness (QED) is 0.817. The minimum absolute atomic E-state index is 0.0575. The molecular weight excluding hydrogens is 238 g/mol. The molecule has 0 heterocycles. The summed E-state index contributed by atoms with van der Waals surface area (Å²) in [5.74, 6) is 0.0575. The maximum Gasteiger partial charge on any atom is 0.227 e. The highest BCUT2D eigenvalue weighted by Gasteiger charge is 2.14. The monoisotopic (exact) mass is 259 g/mol. The van der Waals surface area contributed by atoms with Crippen molar-refractivity contribution in [2.75, 3.05) is 11.4 Å². The Labute approximate surface area is 114 Å². The summed E-state index contributed by atoms with van der Waals surface area (Å²) in [6.07, 6.45) is 2.44. The van der Waals surface area contributed by atoms with E-state index in [0.717, 1.165) is 18.5 Å². The maximum absolute atomic E-state index is 12.2. The van der Waals surface area contributed by atoms with E-state index in [9.17, 15) is 4.79 Å². The lowest BCUT2D eigenvalue weighted by Crippen LogP contribution is -2.31. The van der Waals surface area contributed by atoms with E-state index in [1.165, 1.54) is 0 Å². The first-order chi connectivity index (χ1) is 9.15. The van der Waals surface area contributed by atoms with E-state index >= 15 is 0 Å². The summed E-state index contributed by atoms with van der Waals surface area (Å²) in [7, 11) is 0. The number of para-hydroxylation sites is 1. The molecule has 0 radical (unpaired) electrons. The zero-order valence-corrected chi connectivity index (χ0v) is 11.4. The third-order valence-electron chi connectivity index (χ3n) is 2.87. The van der Waals surface area contributed by atoms with Gasteiger partial charge in [-0.1, -0.05) is 18.2 Å². The van der Waals surface area contributed by atoms with Gasteiger partial charge in [0.05, 0.1) is 12.5 Å². The first-order valence-corrected chi connectivity index (χ1v) is 6.63. The van der Waals surface area contributed by atoms with Crippen LogP contribution in [0.2, 0.25) is 0 Å². The Morgan fingerprint density at radius 3 is 2.68 bits per heavy atom. The van der Waals surface area contributed by atoms with Crippen LogP contribution in [0.4, 0.5) is 5.69 Å². The van der Waals surface area contributed by atoms with Gasteiger partial charge in [0.2, 0.25) is 5.91 Å². The normalized spacial score (nSPS) is 11.6. The second-order valence-corrected chi connectivity index (χ2v) is 4.66. The molecule has 0 aliphatic carbocycles. The minimum atomic E-state index is 0.0575. The molecule has 102 valence electrons. The molecule has 0 bridgehead atoms. The van der Waals surface area contributed by atoms with Gasteiger partial charge in [-0.2, -0.15) is 5.26 Å². The molecule has 4 heteroatoms. The largest absolute Gasteiger partial charge is 0.328 e. The zero-order valence-electron chi connectivity index (χ0n) is 11.4. The number of nitrogens with zero attached hydrogens (tertiary/aromatic N) is 2. The summed E-state index contributed by atoms with van der Waals surface area (Å²) >= 11 is 0. The first-order valence-electron chi connectivity index (χ1n) is 6.63. The van der Waals surface area contributed by atoms with Crippen molar-refractivity contribution in [2.45, 2.75) is 38.6 Å². The van der Waals surface area contributed by atoms with Crippen LogP contribution in [0, 0.1) is 11.3 Å². The van der Waals surface area contributed by atoms with Crippen molar-refractivity contribution in [1.29, 1.82) is 5.26 Å². The Hall–Kier alpha value is -1.86. The summed E-state index contributed by atoms with van der Waals surface area (Å²) in [5, 5.41) is 8.69. The molecule has 0 saturated carbocycles. The number of carbonyl (C=O) groups excluding carboxylic acids is 1. The standard InChI is InChI=1S/C15H21N3O/c1-13(17)7-5-10-15(19)18(12-6-11-16)14-8-3-2-4-9-14/h2-4,8-9,13H,5-7,10,12,17H2,1H3. The van der Waals surface area contributed by atoms with E-state index in [1.807, 2.05) is 37.3 Å². The highest BCUT2D eigenvalue weighted by atomic mass is 16.2. The lowest BCUT2D eigenvalue weighted by molar-refractivity contribution is -0.118. The molecule has 4 nitrogen and oxygen atoms in total. The van der Waals surface area contributed by atoms with Crippen molar-refractivity contribution in [3.8, 4) is 6.07 Å². The van der Waals surface area contributed by atoms with Crippen molar-refractivity contribution in [3.63, 3.8) is 0 Å². The van der Waals surface area contributed by atoms with Crippen molar-refractivity contribution in [3.05, 3.63) is 30.3 Å². The van der Waals surface area contributed by atoms with Gasteiger partial charge in [0.25, 0.3) is 0 Å². The van der Waals surface area contributed by atoms with Crippen LogP contribution in [0.3, 0.4) is 0 Å². The van der Waals surface area contributed by atoms with Gasteiger partial charge in [0.1, 0.15) is 0 Å². The lowest BCUT2D eigenvalue weighted by atomic mass is 10.1. The van der Waals surface area contributed by atoms with Crippen molar-refractivity contribution >= 4 is 11.6 Å². The third kappa shape index (κ3) is 5.54. The number of amides is 1. The molecule has 0 fully saturated rings. The molecule has 2 N–H and O–H groups in total. The third-order valence-corrected chi connectivity index (χ3v) is 2.87. The number of nitriles is 1. The van der Waals surface area contributed by atoms with Crippen LogP contribution >= 0.6 is 0 Å². The number of nitrogens with two attached hydrogens (primary N) is 1. The van der Waals surface area contributed by atoms with E-state index < -0.39 is 0 Å². The second kappa shape index (κ2) is 8.28. The van der Waals surface area contributed by atoms with Gasteiger partial charge in [-0.3, -0.25) is 4.79 Å². The molecule has 1 rings (SSSR count). The Bertz CT molecular complexity index is 423. The fourth-order valence-corrected chi connectivity index (χ4v) is 1.88. The average molecular weight is 259 g/mol. The zero-order chi connectivity index (χ0) is 14.1. The summed E-state index contributed by atoms with van der Waals surface area (Å²) in [6, 6.07) is 11.7. The highest BCUT2D eigenvalue weighted by molar-refractivity contribution is 5.93. The molecule has 0 aromatic heterocycles. The van der Waals surface area contributed by atoms with E-state index in [2.05, 4.69) is 6.07 Å². The van der Waals surface area contributed by atoms with Crippen LogP contribution in [0.15, 0.2) is 30.3 Å². The Morgan fingerprint density at radius 1 is 1.42 bits per heavy atom. The maximum atomic E-state index is 12.2. The first kappa shape index (κ1) is 15.2.